The summed E-state index contributed by atoms with van der Waals surface area (Å²) in [6.07, 6.45) is 2.13. The van der Waals surface area contributed by atoms with Crippen molar-refractivity contribution in [1.29, 1.82) is 0 Å². The van der Waals surface area contributed by atoms with Crippen molar-refractivity contribution in [2.75, 3.05) is 18.4 Å². The number of nitrogens with one attached hydrogen (secondary N) is 2. The van der Waals surface area contributed by atoms with E-state index in [4.69, 9.17) is 4.74 Å². The smallest absolute Gasteiger partial charge is 0.317 e. The summed E-state index contributed by atoms with van der Waals surface area (Å²) in [5.74, 6) is -0.216. The molecule has 1 aromatic heterocycles. The van der Waals surface area contributed by atoms with Crippen LogP contribution in [0.3, 0.4) is 0 Å². The number of rotatable bonds is 4. The lowest BCUT2D eigenvalue weighted by Crippen LogP contribution is -2.42. The third-order valence-electron chi connectivity index (χ3n) is 5.98. The van der Waals surface area contributed by atoms with Gasteiger partial charge in [0, 0.05) is 37.6 Å². The van der Waals surface area contributed by atoms with E-state index in [-0.39, 0.29) is 30.1 Å². The Bertz CT molecular complexity index is 1200. The van der Waals surface area contributed by atoms with Crippen LogP contribution in [0, 0.1) is 5.82 Å². The largest absolute Gasteiger partial charge is 0.436 e. The Kier molecular flexibility index (Phi) is 4.97. The van der Waals surface area contributed by atoms with Crippen LogP contribution < -0.4 is 15.4 Å². The molecule has 0 saturated carbocycles. The Morgan fingerprint density at radius 2 is 2.00 bits per heavy atom. The van der Waals surface area contributed by atoms with Gasteiger partial charge < -0.3 is 20.3 Å². The lowest BCUT2D eigenvalue weighted by atomic mass is 9.81. The zero-order valence-electron chi connectivity index (χ0n) is 17.2. The fourth-order valence-corrected chi connectivity index (χ4v) is 4.31. The zero-order valence-corrected chi connectivity index (χ0v) is 17.2. The number of amides is 3. The van der Waals surface area contributed by atoms with Crippen molar-refractivity contribution in [3.8, 4) is 11.6 Å². The van der Waals surface area contributed by atoms with Gasteiger partial charge in [-0.1, -0.05) is 30.3 Å². The molecule has 2 aliphatic heterocycles. The number of ether oxygens (including phenoxy) is 1. The molecule has 3 aromatic rings. The molecule has 5 rings (SSSR count). The molecule has 2 N–H and O–H groups in total. The van der Waals surface area contributed by atoms with E-state index in [1.54, 1.807) is 35.4 Å². The summed E-state index contributed by atoms with van der Waals surface area (Å²) in [5, 5.41) is 5.82. The lowest BCUT2D eigenvalue weighted by Gasteiger charge is -2.22. The van der Waals surface area contributed by atoms with Gasteiger partial charge in [-0.15, -0.1) is 0 Å². The summed E-state index contributed by atoms with van der Waals surface area (Å²) < 4.78 is 19.3. The highest BCUT2D eigenvalue weighted by Gasteiger charge is 2.51. The molecule has 1 fully saturated rings. The van der Waals surface area contributed by atoms with Crippen molar-refractivity contribution in [2.24, 2.45) is 0 Å². The third kappa shape index (κ3) is 3.53. The maximum atomic E-state index is 13.8. The number of anilines is 1. The predicted octanol–water partition coefficient (Wildman–Crippen LogP) is 3.82. The SMILES string of the molecule is O=C(NCc1ccnc(Oc2ccccc2F)c1)N1CCC2(C1)C(=O)Nc1ccccc12. The van der Waals surface area contributed by atoms with Gasteiger partial charge in [0.1, 0.15) is 0 Å². The molecule has 0 radical (unpaired) electrons. The van der Waals surface area contributed by atoms with Gasteiger partial charge in [0.25, 0.3) is 0 Å². The molecule has 3 amide bonds. The highest BCUT2D eigenvalue weighted by atomic mass is 19.1. The minimum Gasteiger partial charge on any atom is -0.436 e. The van der Waals surface area contributed by atoms with Crippen molar-refractivity contribution in [3.63, 3.8) is 0 Å². The number of nitrogens with zero attached hydrogens (tertiary/aromatic N) is 2. The van der Waals surface area contributed by atoms with E-state index in [0.717, 1.165) is 16.8 Å². The molecule has 32 heavy (non-hydrogen) atoms. The number of likely N-dealkylation sites (tertiary alicyclic amines) is 1. The minimum atomic E-state index is -0.689. The molecule has 2 aromatic carbocycles. The number of fused-ring (bicyclic) bond motifs is 2. The van der Waals surface area contributed by atoms with E-state index in [1.165, 1.54) is 12.1 Å². The Morgan fingerprint density at radius 1 is 1.19 bits per heavy atom. The lowest BCUT2D eigenvalue weighted by molar-refractivity contribution is -0.120. The summed E-state index contributed by atoms with van der Waals surface area (Å²) in [5.41, 5.74) is 1.84. The number of hydrogen-bond acceptors (Lipinski definition) is 4. The molecule has 0 bridgehead atoms. The standard InChI is InChI=1S/C24H21FN4O3/c25-18-6-2-4-8-20(18)32-21-13-16(9-11-26-21)14-27-23(31)29-12-10-24(15-29)17-5-1-3-7-19(17)28-22(24)30/h1-9,11,13H,10,12,14-15H2,(H,27,31)(H,28,30). The van der Waals surface area contributed by atoms with Crippen LogP contribution in [-0.4, -0.2) is 34.9 Å². The van der Waals surface area contributed by atoms with Crippen LogP contribution in [0.2, 0.25) is 0 Å². The van der Waals surface area contributed by atoms with E-state index in [1.807, 2.05) is 24.3 Å². The molecule has 162 valence electrons. The Hall–Kier alpha value is -3.94. The fourth-order valence-electron chi connectivity index (χ4n) is 4.31. The van der Waals surface area contributed by atoms with Crippen molar-refractivity contribution >= 4 is 17.6 Å². The normalized spacial score (nSPS) is 19.0. The number of urea groups is 1. The summed E-state index contributed by atoms with van der Waals surface area (Å²) in [6, 6.07) is 16.9. The molecule has 7 nitrogen and oxygen atoms in total. The van der Waals surface area contributed by atoms with Gasteiger partial charge in [-0.25, -0.2) is 14.2 Å². The topological polar surface area (TPSA) is 83.6 Å². The first-order valence-corrected chi connectivity index (χ1v) is 10.4. The first kappa shape index (κ1) is 20.0. The predicted molar refractivity (Wildman–Crippen MR) is 116 cm³/mol. The van der Waals surface area contributed by atoms with E-state index in [2.05, 4.69) is 15.6 Å². The van der Waals surface area contributed by atoms with Gasteiger partial charge >= 0.3 is 6.03 Å². The van der Waals surface area contributed by atoms with Gasteiger partial charge in [0.05, 0.1) is 5.41 Å². The van der Waals surface area contributed by atoms with Crippen LogP contribution in [0.5, 0.6) is 11.6 Å². The number of halogens is 1. The molecule has 1 saturated heterocycles. The molecule has 3 heterocycles. The van der Waals surface area contributed by atoms with Crippen LogP contribution in [0.1, 0.15) is 17.5 Å². The van der Waals surface area contributed by atoms with Crippen molar-refractivity contribution in [2.45, 2.75) is 18.4 Å². The van der Waals surface area contributed by atoms with Crippen LogP contribution >= 0.6 is 0 Å². The number of pyridine rings is 1. The maximum absolute atomic E-state index is 13.8. The maximum Gasteiger partial charge on any atom is 0.317 e. The number of carbonyl (C=O) groups is 2. The second kappa shape index (κ2) is 7.96. The van der Waals surface area contributed by atoms with E-state index < -0.39 is 11.2 Å². The molecule has 0 aliphatic carbocycles. The first-order chi connectivity index (χ1) is 15.5. The van der Waals surface area contributed by atoms with Crippen LogP contribution in [0.15, 0.2) is 66.9 Å². The van der Waals surface area contributed by atoms with E-state index in [0.29, 0.717) is 19.5 Å². The summed E-state index contributed by atoms with van der Waals surface area (Å²) in [6.45, 7) is 1.08. The van der Waals surface area contributed by atoms with Gasteiger partial charge in [0.15, 0.2) is 11.6 Å². The number of hydrogen-bond donors (Lipinski definition) is 2. The molecular formula is C24H21FN4O3. The molecule has 2 aliphatic rings. The first-order valence-electron chi connectivity index (χ1n) is 10.4. The van der Waals surface area contributed by atoms with Gasteiger partial charge in [-0.3, -0.25) is 4.79 Å². The van der Waals surface area contributed by atoms with Crippen LogP contribution in [0.25, 0.3) is 0 Å². The van der Waals surface area contributed by atoms with Gasteiger partial charge in [-0.05, 0) is 41.8 Å². The van der Waals surface area contributed by atoms with Gasteiger partial charge in [0.2, 0.25) is 11.8 Å². The van der Waals surface area contributed by atoms with Crippen molar-refractivity contribution in [1.82, 2.24) is 15.2 Å². The highest BCUT2D eigenvalue weighted by molar-refractivity contribution is 6.07. The second-order valence-electron chi connectivity index (χ2n) is 7.95. The summed E-state index contributed by atoms with van der Waals surface area (Å²) >= 11 is 0. The quantitative estimate of drug-likeness (QED) is 0.657. The molecular weight excluding hydrogens is 411 g/mol. The molecule has 1 unspecified atom stereocenters. The number of benzene rings is 2. The minimum absolute atomic E-state index is 0.0573. The zero-order chi connectivity index (χ0) is 22.1. The summed E-state index contributed by atoms with van der Waals surface area (Å²) in [4.78, 5) is 31.2. The van der Waals surface area contributed by atoms with E-state index in [9.17, 15) is 14.0 Å². The Morgan fingerprint density at radius 3 is 2.88 bits per heavy atom. The third-order valence-corrected chi connectivity index (χ3v) is 5.98. The Labute approximate surface area is 184 Å². The van der Waals surface area contributed by atoms with Gasteiger partial charge in [-0.2, -0.15) is 0 Å². The molecule has 1 spiro atoms. The monoisotopic (exact) mass is 432 g/mol. The van der Waals surface area contributed by atoms with E-state index >= 15 is 0 Å². The van der Waals surface area contributed by atoms with Crippen molar-refractivity contribution < 1.29 is 18.7 Å². The second-order valence-corrected chi connectivity index (χ2v) is 7.95. The molecule has 1 atom stereocenters. The average molecular weight is 432 g/mol. The molecule has 8 heteroatoms. The number of para-hydroxylation sites is 2. The van der Waals surface area contributed by atoms with Crippen LogP contribution in [0.4, 0.5) is 14.9 Å². The number of aromatic nitrogens is 1. The average Bonchev–Trinajstić information content (AvgIpc) is 3.37. The fraction of sp³-hybridized carbons (Fsp3) is 0.208. The van der Waals surface area contributed by atoms with Crippen molar-refractivity contribution in [3.05, 3.63) is 83.8 Å². The summed E-state index contributed by atoms with van der Waals surface area (Å²) in [7, 11) is 0. The van der Waals surface area contributed by atoms with Crippen LogP contribution in [-0.2, 0) is 16.8 Å². The highest BCUT2D eigenvalue weighted by Crippen LogP contribution is 2.43. The number of carbonyl (C=O) groups excluding carboxylic acids is 2. The Balaban J connectivity index is 1.23.